The van der Waals surface area contributed by atoms with Crippen LogP contribution in [0.5, 0.6) is 0 Å². The van der Waals surface area contributed by atoms with Gasteiger partial charge in [0, 0.05) is 27.2 Å². The summed E-state index contributed by atoms with van der Waals surface area (Å²) >= 11 is 0. The van der Waals surface area contributed by atoms with E-state index in [-0.39, 0.29) is 18.5 Å². The Kier molecular flexibility index (Phi) is 16.4. The smallest absolute Gasteiger partial charge is 0.330 e. The first-order chi connectivity index (χ1) is 14.6. The van der Waals surface area contributed by atoms with Crippen LogP contribution in [-0.2, 0) is 18.4 Å². The first-order valence-electron chi connectivity index (χ1n) is 11.2. The summed E-state index contributed by atoms with van der Waals surface area (Å²) in [6, 6.07) is 0. The SMILES string of the molecule is COP(=O)(CCC(=O)NCC=C(C)CCC=C(C)CCC=C(C)CCC=C(C)C)OC. The van der Waals surface area contributed by atoms with Gasteiger partial charge in [0.2, 0.25) is 5.91 Å². The van der Waals surface area contributed by atoms with Crippen molar-refractivity contribution in [3.05, 3.63) is 46.6 Å². The van der Waals surface area contributed by atoms with Crippen molar-refractivity contribution in [1.29, 1.82) is 0 Å². The van der Waals surface area contributed by atoms with E-state index < -0.39 is 7.60 Å². The summed E-state index contributed by atoms with van der Waals surface area (Å²) < 4.78 is 21.6. The molecule has 0 aliphatic rings. The molecular weight excluding hydrogens is 409 g/mol. The monoisotopic (exact) mass is 453 g/mol. The average molecular weight is 454 g/mol. The summed E-state index contributed by atoms with van der Waals surface area (Å²) in [7, 11) is -0.465. The van der Waals surface area contributed by atoms with Crippen LogP contribution < -0.4 is 5.32 Å². The summed E-state index contributed by atoms with van der Waals surface area (Å²) in [5, 5.41) is 2.82. The second kappa shape index (κ2) is 17.2. The molecule has 0 spiro atoms. The number of nitrogens with one attached hydrogen (secondary N) is 1. The van der Waals surface area contributed by atoms with Crippen LogP contribution in [0.1, 0.15) is 79.6 Å². The lowest BCUT2D eigenvalue weighted by Gasteiger charge is -2.12. The molecule has 0 radical (unpaired) electrons. The van der Waals surface area contributed by atoms with Gasteiger partial charge in [-0.05, 0) is 73.1 Å². The highest BCUT2D eigenvalue weighted by atomic mass is 31.2. The van der Waals surface area contributed by atoms with Gasteiger partial charge in [0.05, 0.1) is 6.16 Å². The molecule has 0 heterocycles. The van der Waals surface area contributed by atoms with Gasteiger partial charge in [-0.3, -0.25) is 9.36 Å². The van der Waals surface area contributed by atoms with Gasteiger partial charge in [-0.15, -0.1) is 0 Å². The summed E-state index contributed by atoms with van der Waals surface area (Å²) in [5.74, 6) is -0.154. The van der Waals surface area contributed by atoms with Crippen LogP contribution in [0.3, 0.4) is 0 Å². The van der Waals surface area contributed by atoms with Gasteiger partial charge in [0.15, 0.2) is 0 Å². The van der Waals surface area contributed by atoms with E-state index >= 15 is 0 Å². The molecule has 0 saturated carbocycles. The van der Waals surface area contributed by atoms with Gasteiger partial charge < -0.3 is 14.4 Å². The molecule has 0 bridgehead atoms. The Balaban J connectivity index is 4.11. The number of allylic oxidation sites excluding steroid dienone is 7. The van der Waals surface area contributed by atoms with Crippen molar-refractivity contribution in [2.45, 2.75) is 79.6 Å². The predicted octanol–water partition coefficient (Wildman–Crippen LogP) is 7.12. The lowest BCUT2D eigenvalue weighted by Crippen LogP contribution is -2.24. The summed E-state index contributed by atoms with van der Waals surface area (Å²) in [5.41, 5.74) is 5.53. The van der Waals surface area contributed by atoms with Gasteiger partial charge >= 0.3 is 7.60 Å². The zero-order chi connectivity index (χ0) is 23.7. The highest BCUT2D eigenvalue weighted by Gasteiger charge is 2.21. The molecule has 0 saturated heterocycles. The van der Waals surface area contributed by atoms with Gasteiger partial charge in [0.25, 0.3) is 0 Å². The van der Waals surface area contributed by atoms with Crippen LogP contribution in [-0.4, -0.2) is 32.8 Å². The highest BCUT2D eigenvalue weighted by Crippen LogP contribution is 2.46. The van der Waals surface area contributed by atoms with E-state index in [0.717, 1.165) is 38.5 Å². The molecule has 0 rings (SSSR count). The lowest BCUT2D eigenvalue weighted by atomic mass is 10.0. The van der Waals surface area contributed by atoms with Crippen LogP contribution in [0, 0.1) is 0 Å². The number of carbonyl (C=O) groups is 1. The summed E-state index contributed by atoms with van der Waals surface area (Å²) in [4.78, 5) is 11.9. The summed E-state index contributed by atoms with van der Waals surface area (Å²) in [6.07, 6.45) is 15.7. The number of hydrogen-bond acceptors (Lipinski definition) is 4. The molecule has 1 amide bonds. The Morgan fingerprint density at radius 1 is 0.742 bits per heavy atom. The molecule has 5 nitrogen and oxygen atoms in total. The van der Waals surface area contributed by atoms with Crippen molar-refractivity contribution in [2.75, 3.05) is 26.9 Å². The minimum atomic E-state index is -3.12. The normalized spacial score (nSPS) is 13.3. The fraction of sp³-hybridized carbons (Fsp3) is 0.640. The van der Waals surface area contributed by atoms with E-state index in [2.05, 4.69) is 58.2 Å². The molecule has 6 heteroatoms. The molecule has 0 aromatic carbocycles. The Morgan fingerprint density at radius 2 is 1.19 bits per heavy atom. The second-order valence-corrected chi connectivity index (χ2v) is 10.7. The van der Waals surface area contributed by atoms with E-state index in [1.54, 1.807) is 0 Å². The van der Waals surface area contributed by atoms with Gasteiger partial charge in [-0.25, -0.2) is 0 Å². The van der Waals surface area contributed by atoms with E-state index in [9.17, 15) is 9.36 Å². The van der Waals surface area contributed by atoms with E-state index in [4.69, 9.17) is 9.05 Å². The standard InChI is InChI=1S/C25H44NO4P/c1-21(2)11-8-12-22(3)13-9-14-23(4)15-10-16-24(5)17-19-26-25(27)18-20-31(28,29-6)30-7/h11,13,15,17H,8-10,12,14,16,18-20H2,1-7H3,(H,26,27). The molecule has 0 aromatic rings. The summed E-state index contributed by atoms with van der Waals surface area (Å²) in [6.45, 7) is 11.3. The Hall–Kier alpha value is -1.42. The van der Waals surface area contributed by atoms with E-state index in [1.807, 2.05) is 6.08 Å². The van der Waals surface area contributed by atoms with Crippen LogP contribution >= 0.6 is 7.60 Å². The van der Waals surface area contributed by atoms with Crippen LogP contribution in [0.15, 0.2) is 46.6 Å². The van der Waals surface area contributed by atoms with Crippen molar-refractivity contribution in [3.63, 3.8) is 0 Å². The minimum Gasteiger partial charge on any atom is -0.353 e. The topological polar surface area (TPSA) is 64.6 Å². The fourth-order valence-corrected chi connectivity index (χ4v) is 3.90. The van der Waals surface area contributed by atoms with Crippen LogP contribution in [0.2, 0.25) is 0 Å². The fourth-order valence-electron chi connectivity index (χ4n) is 2.91. The van der Waals surface area contributed by atoms with Gasteiger partial charge in [0.1, 0.15) is 0 Å². The third-order valence-electron chi connectivity index (χ3n) is 5.07. The number of rotatable bonds is 16. The van der Waals surface area contributed by atoms with Gasteiger partial charge in [-0.2, -0.15) is 0 Å². The second-order valence-electron chi connectivity index (χ2n) is 8.30. The third-order valence-corrected chi connectivity index (χ3v) is 6.96. The molecule has 0 atom stereocenters. The first-order valence-corrected chi connectivity index (χ1v) is 12.9. The number of amides is 1. The molecule has 1 N–H and O–H groups in total. The quantitative estimate of drug-likeness (QED) is 0.199. The Morgan fingerprint density at radius 3 is 1.65 bits per heavy atom. The Bertz CT molecular complexity index is 692. The lowest BCUT2D eigenvalue weighted by molar-refractivity contribution is -0.120. The zero-order valence-electron chi connectivity index (χ0n) is 20.8. The van der Waals surface area contributed by atoms with Crippen molar-refractivity contribution in [1.82, 2.24) is 5.32 Å². The van der Waals surface area contributed by atoms with Crippen LogP contribution in [0.25, 0.3) is 0 Å². The molecule has 0 unspecified atom stereocenters. The van der Waals surface area contributed by atoms with Crippen molar-refractivity contribution in [3.8, 4) is 0 Å². The first kappa shape index (κ1) is 29.6. The minimum absolute atomic E-state index is 0.0861. The van der Waals surface area contributed by atoms with Crippen molar-refractivity contribution >= 4 is 13.5 Å². The third kappa shape index (κ3) is 16.9. The largest absolute Gasteiger partial charge is 0.353 e. The number of hydrogen-bond donors (Lipinski definition) is 1. The van der Waals surface area contributed by atoms with E-state index in [0.29, 0.717) is 6.54 Å². The average Bonchev–Trinajstić information content (AvgIpc) is 2.71. The zero-order valence-corrected chi connectivity index (χ0v) is 21.6. The Labute approximate surface area is 190 Å². The molecular formula is C25H44NO4P. The highest BCUT2D eigenvalue weighted by molar-refractivity contribution is 7.53. The predicted molar refractivity (Wildman–Crippen MR) is 133 cm³/mol. The molecule has 178 valence electrons. The molecule has 0 fully saturated rings. The van der Waals surface area contributed by atoms with Gasteiger partial charge in [-0.1, -0.05) is 46.6 Å². The maximum atomic E-state index is 11.9. The maximum absolute atomic E-state index is 11.9. The van der Waals surface area contributed by atoms with Crippen molar-refractivity contribution in [2.24, 2.45) is 0 Å². The molecule has 0 aliphatic carbocycles. The number of carbonyl (C=O) groups excluding carboxylic acids is 1. The molecule has 0 aromatic heterocycles. The molecule has 31 heavy (non-hydrogen) atoms. The van der Waals surface area contributed by atoms with E-state index in [1.165, 1.54) is 36.5 Å². The maximum Gasteiger partial charge on any atom is 0.330 e. The van der Waals surface area contributed by atoms with Crippen molar-refractivity contribution < 1.29 is 18.4 Å². The molecule has 0 aliphatic heterocycles. The van der Waals surface area contributed by atoms with Crippen LogP contribution in [0.4, 0.5) is 0 Å².